The molecule has 136 valence electrons. The predicted molar refractivity (Wildman–Crippen MR) is 112 cm³/mol. The number of hydrogen-bond acceptors (Lipinski definition) is 4. The Morgan fingerprint density at radius 2 is 1.71 bits per heavy atom. The molecular formula is C22H15N3O2S. The highest BCUT2D eigenvalue weighted by Crippen LogP contribution is 2.34. The summed E-state index contributed by atoms with van der Waals surface area (Å²) in [5.74, 6) is 0.159. The van der Waals surface area contributed by atoms with Gasteiger partial charge in [0.15, 0.2) is 5.65 Å². The number of rotatable bonds is 3. The van der Waals surface area contributed by atoms with Gasteiger partial charge in [-0.2, -0.15) is 0 Å². The van der Waals surface area contributed by atoms with E-state index in [1.165, 1.54) is 4.52 Å². The Labute approximate surface area is 164 Å². The summed E-state index contributed by atoms with van der Waals surface area (Å²) < 4.78 is 1.46. The van der Waals surface area contributed by atoms with Crippen LogP contribution >= 0.6 is 11.3 Å². The molecule has 0 bridgehead atoms. The summed E-state index contributed by atoms with van der Waals surface area (Å²) in [6.07, 6.45) is 3.40. The minimum Gasteiger partial charge on any atom is -0.508 e. The van der Waals surface area contributed by atoms with Crippen molar-refractivity contribution in [1.82, 2.24) is 14.6 Å². The summed E-state index contributed by atoms with van der Waals surface area (Å²) in [6, 6.07) is 18.8. The molecule has 5 aromatic rings. The van der Waals surface area contributed by atoms with Gasteiger partial charge in [-0.05, 0) is 40.3 Å². The standard InChI is InChI=1S/C22H15N3O2S/c26-17-8-6-15(7-9-17)18-11-23-21-19(12-24-25(21)22(18)27)20-10-16(13-28-20)14-4-2-1-3-5-14/h1-13,24,26H. The lowest BCUT2D eigenvalue weighted by Gasteiger charge is -2.02. The molecule has 3 heterocycles. The van der Waals surface area contributed by atoms with Gasteiger partial charge in [-0.3, -0.25) is 9.89 Å². The fourth-order valence-electron chi connectivity index (χ4n) is 3.24. The summed E-state index contributed by atoms with van der Waals surface area (Å²) >= 11 is 1.62. The van der Waals surface area contributed by atoms with E-state index in [1.54, 1.807) is 41.8 Å². The number of aromatic nitrogens is 3. The molecule has 0 aliphatic carbocycles. The molecule has 5 nitrogen and oxygen atoms in total. The number of aromatic amines is 1. The molecule has 0 unspecified atom stereocenters. The first-order valence-electron chi connectivity index (χ1n) is 8.73. The summed E-state index contributed by atoms with van der Waals surface area (Å²) in [6.45, 7) is 0. The molecule has 0 spiro atoms. The predicted octanol–water partition coefficient (Wildman–Crippen LogP) is 4.79. The fraction of sp³-hybridized carbons (Fsp3) is 0. The van der Waals surface area contributed by atoms with E-state index in [4.69, 9.17) is 0 Å². The van der Waals surface area contributed by atoms with Crippen molar-refractivity contribution in [1.29, 1.82) is 0 Å². The maximum atomic E-state index is 12.9. The van der Waals surface area contributed by atoms with Gasteiger partial charge < -0.3 is 5.11 Å². The lowest BCUT2D eigenvalue weighted by molar-refractivity contribution is 0.475. The number of nitrogens with one attached hydrogen (secondary N) is 1. The molecule has 0 atom stereocenters. The van der Waals surface area contributed by atoms with Crippen LogP contribution in [0.2, 0.25) is 0 Å². The molecule has 0 aliphatic rings. The van der Waals surface area contributed by atoms with E-state index >= 15 is 0 Å². The van der Waals surface area contributed by atoms with Crippen molar-refractivity contribution in [3.05, 3.63) is 88.8 Å². The van der Waals surface area contributed by atoms with Gasteiger partial charge in [-0.25, -0.2) is 9.50 Å². The highest BCUT2D eigenvalue weighted by molar-refractivity contribution is 7.14. The third kappa shape index (κ3) is 2.71. The van der Waals surface area contributed by atoms with Crippen LogP contribution in [0, 0.1) is 0 Å². The smallest absolute Gasteiger partial charge is 0.280 e. The Kier molecular flexibility index (Phi) is 3.84. The SMILES string of the molecule is O=c1c(-c2ccc(O)cc2)cnc2c(-c3cc(-c4ccccc4)cs3)c[nH]n12. The minimum atomic E-state index is -0.179. The Morgan fingerprint density at radius 1 is 0.929 bits per heavy atom. The van der Waals surface area contributed by atoms with Crippen molar-refractivity contribution >= 4 is 17.0 Å². The monoisotopic (exact) mass is 385 g/mol. The molecule has 3 aromatic heterocycles. The second kappa shape index (κ2) is 6.51. The van der Waals surface area contributed by atoms with Gasteiger partial charge in [-0.15, -0.1) is 11.3 Å². The van der Waals surface area contributed by atoms with Crippen LogP contribution in [0.5, 0.6) is 5.75 Å². The van der Waals surface area contributed by atoms with Crippen LogP contribution in [-0.4, -0.2) is 19.7 Å². The number of hydrogen-bond donors (Lipinski definition) is 2. The zero-order valence-electron chi connectivity index (χ0n) is 14.7. The first-order chi connectivity index (χ1) is 13.7. The fourth-order valence-corrected chi connectivity index (χ4v) is 4.17. The molecule has 5 rings (SSSR count). The third-order valence-electron chi connectivity index (χ3n) is 4.69. The number of benzene rings is 2. The zero-order valence-corrected chi connectivity index (χ0v) is 15.5. The first kappa shape index (κ1) is 16.5. The van der Waals surface area contributed by atoms with E-state index in [1.807, 2.05) is 24.4 Å². The Hall–Kier alpha value is -3.64. The van der Waals surface area contributed by atoms with Crippen molar-refractivity contribution in [2.24, 2.45) is 0 Å². The quantitative estimate of drug-likeness (QED) is 0.469. The lowest BCUT2D eigenvalue weighted by atomic mass is 10.1. The summed E-state index contributed by atoms with van der Waals surface area (Å²) in [5, 5.41) is 14.6. The molecule has 0 aliphatic heterocycles. The van der Waals surface area contributed by atoms with Gasteiger partial charge in [0.25, 0.3) is 5.56 Å². The largest absolute Gasteiger partial charge is 0.508 e. The maximum absolute atomic E-state index is 12.9. The van der Waals surface area contributed by atoms with Crippen LogP contribution in [0.15, 0.2) is 83.2 Å². The Bertz CT molecular complexity index is 1330. The van der Waals surface area contributed by atoms with E-state index in [-0.39, 0.29) is 11.3 Å². The van der Waals surface area contributed by atoms with Crippen molar-refractivity contribution in [2.75, 3.05) is 0 Å². The van der Waals surface area contributed by atoms with E-state index < -0.39 is 0 Å². The summed E-state index contributed by atoms with van der Waals surface area (Å²) in [7, 11) is 0. The van der Waals surface area contributed by atoms with E-state index in [0.29, 0.717) is 16.8 Å². The summed E-state index contributed by atoms with van der Waals surface area (Å²) in [4.78, 5) is 18.5. The number of fused-ring (bicyclic) bond motifs is 1. The second-order valence-corrected chi connectivity index (χ2v) is 7.35. The van der Waals surface area contributed by atoms with Crippen molar-refractivity contribution in [3.63, 3.8) is 0 Å². The third-order valence-corrected chi connectivity index (χ3v) is 5.65. The zero-order chi connectivity index (χ0) is 19.1. The number of thiophene rings is 1. The molecule has 2 aromatic carbocycles. The number of phenols is 1. The van der Waals surface area contributed by atoms with Crippen LogP contribution in [0.3, 0.4) is 0 Å². The molecule has 0 fully saturated rings. The average molecular weight is 385 g/mol. The second-order valence-electron chi connectivity index (χ2n) is 6.44. The van der Waals surface area contributed by atoms with Crippen molar-refractivity contribution in [2.45, 2.75) is 0 Å². The van der Waals surface area contributed by atoms with Crippen molar-refractivity contribution in [3.8, 4) is 38.4 Å². The number of nitrogens with zero attached hydrogens (tertiary/aromatic N) is 2. The Balaban J connectivity index is 1.59. The normalized spacial score (nSPS) is 11.1. The molecule has 28 heavy (non-hydrogen) atoms. The number of phenolic OH excluding ortho intramolecular Hbond substituents is 1. The van der Waals surface area contributed by atoms with Crippen LogP contribution in [0.25, 0.3) is 38.3 Å². The molecule has 2 N–H and O–H groups in total. The van der Waals surface area contributed by atoms with Gasteiger partial charge in [0, 0.05) is 17.3 Å². The summed E-state index contributed by atoms with van der Waals surface area (Å²) in [5.41, 5.74) is 4.79. The highest BCUT2D eigenvalue weighted by atomic mass is 32.1. The van der Waals surface area contributed by atoms with E-state index in [9.17, 15) is 9.90 Å². The van der Waals surface area contributed by atoms with Gasteiger partial charge in [0.2, 0.25) is 0 Å². The Morgan fingerprint density at radius 3 is 2.50 bits per heavy atom. The lowest BCUT2D eigenvalue weighted by Crippen LogP contribution is -2.16. The van der Waals surface area contributed by atoms with Gasteiger partial charge in [-0.1, -0.05) is 42.5 Å². The molecule has 0 amide bonds. The molecule has 0 saturated heterocycles. The molecular weight excluding hydrogens is 370 g/mol. The molecule has 6 heteroatoms. The van der Waals surface area contributed by atoms with Gasteiger partial charge in [0.05, 0.1) is 11.1 Å². The average Bonchev–Trinajstić information content (AvgIpc) is 3.37. The van der Waals surface area contributed by atoms with Crippen LogP contribution in [0.1, 0.15) is 0 Å². The van der Waals surface area contributed by atoms with Crippen LogP contribution in [-0.2, 0) is 0 Å². The van der Waals surface area contributed by atoms with Crippen LogP contribution in [0.4, 0.5) is 0 Å². The minimum absolute atomic E-state index is 0.159. The molecule has 0 saturated carbocycles. The van der Waals surface area contributed by atoms with Crippen molar-refractivity contribution < 1.29 is 5.11 Å². The van der Waals surface area contributed by atoms with Crippen LogP contribution < -0.4 is 5.56 Å². The van der Waals surface area contributed by atoms with Gasteiger partial charge >= 0.3 is 0 Å². The molecule has 0 radical (unpaired) electrons. The number of H-pyrrole nitrogens is 1. The van der Waals surface area contributed by atoms with E-state index in [0.717, 1.165) is 21.6 Å². The number of aromatic hydroxyl groups is 1. The van der Waals surface area contributed by atoms with Gasteiger partial charge in [0.1, 0.15) is 5.75 Å². The topological polar surface area (TPSA) is 70.4 Å². The first-order valence-corrected chi connectivity index (χ1v) is 9.61. The maximum Gasteiger partial charge on any atom is 0.280 e. The van der Waals surface area contributed by atoms with E-state index in [2.05, 4.69) is 33.7 Å². The highest BCUT2D eigenvalue weighted by Gasteiger charge is 2.14.